The summed E-state index contributed by atoms with van der Waals surface area (Å²) in [5, 5.41) is 0. The highest BCUT2D eigenvalue weighted by atomic mass is 79.9. The van der Waals surface area contributed by atoms with Crippen molar-refractivity contribution >= 4 is 21.8 Å². The molecule has 6 heteroatoms. The van der Waals surface area contributed by atoms with Crippen molar-refractivity contribution in [2.75, 3.05) is 13.6 Å². The number of benzene rings is 1. The number of carbonyl (C=O) groups is 1. The number of aromatic nitrogens is 1. The number of rotatable bonds is 2. The highest BCUT2D eigenvalue weighted by Gasteiger charge is 2.36. The smallest absolute Gasteiger partial charge is 0.240 e. The van der Waals surface area contributed by atoms with Crippen LogP contribution < -0.4 is 0 Å². The number of fused-ring (bicyclic) bond motifs is 1. The highest BCUT2D eigenvalue weighted by Crippen LogP contribution is 2.33. The van der Waals surface area contributed by atoms with Crippen LogP contribution in [0.3, 0.4) is 0 Å². The van der Waals surface area contributed by atoms with E-state index < -0.39 is 0 Å². The predicted octanol–water partition coefficient (Wildman–Crippen LogP) is 3.35. The molecule has 3 heterocycles. The largest absolute Gasteiger partial charge is 0.439 e. The summed E-state index contributed by atoms with van der Waals surface area (Å²) in [5.41, 5.74) is 2.99. The zero-order chi connectivity index (χ0) is 16.8. The lowest BCUT2D eigenvalue weighted by molar-refractivity contribution is -0.136. The third-order valence-corrected chi connectivity index (χ3v) is 5.93. The summed E-state index contributed by atoms with van der Waals surface area (Å²) in [5.74, 6) is 1.66. The molecule has 5 nitrogen and oxygen atoms in total. The first-order valence-electron chi connectivity index (χ1n) is 8.27. The molecule has 1 unspecified atom stereocenters. The fraction of sp³-hybridized carbons (Fsp3) is 0.444. The van der Waals surface area contributed by atoms with E-state index in [1.165, 1.54) is 0 Å². The van der Waals surface area contributed by atoms with Crippen LogP contribution >= 0.6 is 15.9 Å². The molecule has 1 aromatic carbocycles. The molecule has 1 amide bonds. The van der Waals surface area contributed by atoms with E-state index >= 15 is 0 Å². The second-order valence-corrected chi connectivity index (χ2v) is 7.49. The first-order valence-corrected chi connectivity index (χ1v) is 9.07. The van der Waals surface area contributed by atoms with Gasteiger partial charge < -0.3 is 9.32 Å². The number of oxazole rings is 1. The number of likely N-dealkylation sites (N-methyl/N-ethyl adjacent to an activating group) is 1. The fourth-order valence-electron chi connectivity index (χ4n) is 3.58. The number of nitrogens with zero attached hydrogens (tertiary/aromatic N) is 3. The molecular formula is C18H20BrN3O2. The first kappa shape index (κ1) is 15.8. The second kappa shape index (κ2) is 6.01. The maximum Gasteiger partial charge on any atom is 0.240 e. The van der Waals surface area contributed by atoms with Crippen LogP contribution in [0.15, 0.2) is 27.1 Å². The summed E-state index contributed by atoms with van der Waals surface area (Å²) in [7, 11) is 2.02. The summed E-state index contributed by atoms with van der Waals surface area (Å²) in [4.78, 5) is 21.3. The molecule has 1 saturated heterocycles. The van der Waals surface area contributed by atoms with Crippen molar-refractivity contribution in [3.63, 3.8) is 0 Å². The van der Waals surface area contributed by atoms with E-state index in [4.69, 9.17) is 4.42 Å². The summed E-state index contributed by atoms with van der Waals surface area (Å²) in [6.45, 7) is 4.12. The normalized spacial score (nSPS) is 20.6. The number of hydrogen-bond acceptors (Lipinski definition) is 4. The number of amides is 1. The Bertz CT molecular complexity index is 778. The first-order chi connectivity index (χ1) is 11.5. The van der Waals surface area contributed by atoms with E-state index in [9.17, 15) is 4.79 Å². The van der Waals surface area contributed by atoms with Gasteiger partial charge in [-0.1, -0.05) is 22.0 Å². The zero-order valence-corrected chi connectivity index (χ0v) is 15.5. The minimum absolute atomic E-state index is 0.0146. The van der Waals surface area contributed by atoms with Crippen molar-refractivity contribution in [2.24, 2.45) is 0 Å². The topological polar surface area (TPSA) is 49.6 Å². The SMILES string of the molecule is Cc1c(Br)cccc1-c1nc2c(o1)CN(C(=O)C1CCCN1C)C2. The molecule has 1 atom stereocenters. The maximum atomic E-state index is 12.7. The molecule has 0 N–H and O–H groups in total. The third-order valence-electron chi connectivity index (χ3n) is 5.07. The lowest BCUT2D eigenvalue weighted by Crippen LogP contribution is -2.42. The number of likely N-dealkylation sites (tertiary alicyclic amines) is 1. The van der Waals surface area contributed by atoms with E-state index in [-0.39, 0.29) is 11.9 Å². The quantitative estimate of drug-likeness (QED) is 0.789. The second-order valence-electron chi connectivity index (χ2n) is 6.63. The number of carbonyl (C=O) groups excluding carboxylic acids is 1. The molecule has 1 fully saturated rings. The predicted molar refractivity (Wildman–Crippen MR) is 94.3 cm³/mol. The van der Waals surface area contributed by atoms with Crippen LogP contribution in [0.25, 0.3) is 11.5 Å². The van der Waals surface area contributed by atoms with Crippen LogP contribution in [0.5, 0.6) is 0 Å². The average Bonchev–Trinajstić information content (AvgIpc) is 3.23. The lowest BCUT2D eigenvalue weighted by Gasteiger charge is -2.24. The Balaban J connectivity index is 1.54. The minimum Gasteiger partial charge on any atom is -0.439 e. The van der Waals surface area contributed by atoms with Gasteiger partial charge in [0, 0.05) is 10.0 Å². The van der Waals surface area contributed by atoms with E-state index in [2.05, 4.69) is 25.8 Å². The van der Waals surface area contributed by atoms with E-state index in [1.807, 2.05) is 37.1 Å². The lowest BCUT2D eigenvalue weighted by atomic mass is 10.1. The van der Waals surface area contributed by atoms with Crippen molar-refractivity contribution in [1.29, 1.82) is 0 Å². The number of hydrogen-bond donors (Lipinski definition) is 0. The van der Waals surface area contributed by atoms with E-state index in [0.717, 1.165) is 46.4 Å². The Morgan fingerprint density at radius 3 is 2.92 bits per heavy atom. The van der Waals surface area contributed by atoms with E-state index in [1.54, 1.807) is 0 Å². The molecule has 126 valence electrons. The number of halogens is 1. The van der Waals surface area contributed by atoms with Crippen LogP contribution in [-0.4, -0.2) is 40.3 Å². The molecule has 1 aromatic heterocycles. The molecule has 0 spiro atoms. The van der Waals surface area contributed by atoms with Crippen LogP contribution in [0.2, 0.25) is 0 Å². The van der Waals surface area contributed by atoms with Crippen LogP contribution in [0, 0.1) is 6.92 Å². The van der Waals surface area contributed by atoms with Gasteiger partial charge in [0.25, 0.3) is 0 Å². The standard InChI is InChI=1S/C18H20BrN3O2/c1-11-12(5-3-6-13(11)19)17-20-14-9-22(10-16(14)24-17)18(23)15-7-4-8-21(15)2/h3,5-6,15H,4,7-10H2,1-2H3. The van der Waals surface area contributed by atoms with Gasteiger partial charge in [-0.25, -0.2) is 4.98 Å². The molecular weight excluding hydrogens is 370 g/mol. The maximum absolute atomic E-state index is 12.7. The molecule has 0 radical (unpaired) electrons. The Kier molecular flexibility index (Phi) is 3.96. The fourth-order valence-corrected chi connectivity index (χ4v) is 3.95. The molecule has 4 rings (SSSR count). The van der Waals surface area contributed by atoms with Gasteiger partial charge >= 0.3 is 0 Å². The van der Waals surface area contributed by atoms with E-state index in [0.29, 0.717) is 19.0 Å². The zero-order valence-electron chi connectivity index (χ0n) is 13.9. The summed E-state index contributed by atoms with van der Waals surface area (Å²) in [6.07, 6.45) is 2.04. The summed E-state index contributed by atoms with van der Waals surface area (Å²) in [6, 6.07) is 6.01. The van der Waals surface area contributed by atoms with Crippen molar-refractivity contribution in [3.8, 4) is 11.5 Å². The van der Waals surface area contributed by atoms with Gasteiger partial charge in [0.05, 0.1) is 19.1 Å². The average molecular weight is 390 g/mol. The van der Waals surface area contributed by atoms with Crippen molar-refractivity contribution < 1.29 is 9.21 Å². The minimum atomic E-state index is 0.0146. The molecule has 2 aromatic rings. The molecule has 0 aliphatic carbocycles. The molecule has 2 aliphatic rings. The Hall–Kier alpha value is -1.66. The Labute approximate surface area is 149 Å². The molecule has 0 saturated carbocycles. The summed E-state index contributed by atoms with van der Waals surface area (Å²) >= 11 is 3.54. The van der Waals surface area contributed by atoms with Crippen molar-refractivity contribution in [1.82, 2.24) is 14.8 Å². The molecule has 24 heavy (non-hydrogen) atoms. The van der Waals surface area contributed by atoms with Gasteiger partial charge in [-0.2, -0.15) is 0 Å². The van der Waals surface area contributed by atoms with Crippen LogP contribution in [0.1, 0.15) is 29.9 Å². The Morgan fingerprint density at radius 2 is 2.21 bits per heavy atom. The van der Waals surface area contributed by atoms with Gasteiger partial charge in [0.2, 0.25) is 11.8 Å². The van der Waals surface area contributed by atoms with Crippen molar-refractivity contribution in [2.45, 2.75) is 38.9 Å². The Morgan fingerprint density at radius 1 is 1.38 bits per heavy atom. The van der Waals surface area contributed by atoms with Gasteiger partial charge in [-0.15, -0.1) is 0 Å². The van der Waals surface area contributed by atoms with Crippen molar-refractivity contribution in [3.05, 3.63) is 39.7 Å². The highest BCUT2D eigenvalue weighted by molar-refractivity contribution is 9.10. The van der Waals surface area contributed by atoms with Gasteiger partial charge in [-0.05, 0) is 51.1 Å². The monoisotopic (exact) mass is 389 g/mol. The molecule has 0 bridgehead atoms. The third kappa shape index (κ3) is 2.58. The van der Waals surface area contributed by atoms with Gasteiger partial charge in [0.15, 0.2) is 0 Å². The molecule has 2 aliphatic heterocycles. The van der Waals surface area contributed by atoms with Crippen LogP contribution in [0.4, 0.5) is 0 Å². The van der Waals surface area contributed by atoms with Crippen LogP contribution in [-0.2, 0) is 17.9 Å². The summed E-state index contributed by atoms with van der Waals surface area (Å²) < 4.78 is 7.02. The van der Waals surface area contributed by atoms with Gasteiger partial charge in [0.1, 0.15) is 11.5 Å². The van der Waals surface area contributed by atoms with Gasteiger partial charge in [-0.3, -0.25) is 9.69 Å².